The lowest BCUT2D eigenvalue weighted by atomic mass is 9.97. The van der Waals surface area contributed by atoms with Crippen molar-refractivity contribution in [3.63, 3.8) is 0 Å². The fraction of sp³-hybridized carbons (Fsp3) is 0.257. The van der Waals surface area contributed by atoms with Gasteiger partial charge in [0.25, 0.3) is 0 Å². The second kappa shape index (κ2) is 12.3. The van der Waals surface area contributed by atoms with Crippen molar-refractivity contribution in [1.29, 1.82) is 0 Å². The minimum Gasteiger partial charge on any atom is -0.457 e. The second-order valence-electron chi connectivity index (χ2n) is 11.5. The van der Waals surface area contributed by atoms with E-state index in [4.69, 9.17) is 4.74 Å². The van der Waals surface area contributed by atoms with Crippen molar-refractivity contribution >= 4 is 28.2 Å². The molecule has 0 spiro atoms. The van der Waals surface area contributed by atoms with Crippen LogP contribution >= 0.6 is 0 Å². The summed E-state index contributed by atoms with van der Waals surface area (Å²) in [5.74, 6) is -0.488. The summed E-state index contributed by atoms with van der Waals surface area (Å²) in [4.78, 5) is 14.4. The highest BCUT2D eigenvalue weighted by Crippen LogP contribution is 2.36. The van der Waals surface area contributed by atoms with Gasteiger partial charge in [0.2, 0.25) is 0 Å². The summed E-state index contributed by atoms with van der Waals surface area (Å²) in [7, 11) is 0. The number of carbonyl (C=O) groups excluding carboxylic acids is 1. The van der Waals surface area contributed by atoms with Crippen LogP contribution in [0, 0.1) is 6.92 Å². The van der Waals surface area contributed by atoms with Crippen molar-refractivity contribution in [1.82, 2.24) is 9.78 Å². The van der Waals surface area contributed by atoms with Crippen LogP contribution in [0.15, 0.2) is 97.2 Å². The Morgan fingerprint density at radius 2 is 1.78 bits per heavy atom. The van der Waals surface area contributed by atoms with E-state index in [1.54, 1.807) is 58.2 Å². The molecule has 0 radical (unpaired) electrons. The molecule has 7 nitrogen and oxygen atoms in total. The van der Waals surface area contributed by atoms with E-state index < -0.39 is 30.8 Å². The lowest BCUT2D eigenvalue weighted by Gasteiger charge is -2.39. The molecule has 1 aliphatic rings. The quantitative estimate of drug-likeness (QED) is 0.177. The number of β-amino-alcohol motifs (C(OH)–C–C–N with tert-alkyl or cyclic N) is 1. The zero-order valence-corrected chi connectivity index (χ0v) is 24.7. The van der Waals surface area contributed by atoms with Gasteiger partial charge >= 0.3 is 12.1 Å². The molecule has 232 valence electrons. The van der Waals surface area contributed by atoms with Gasteiger partial charge in [0.1, 0.15) is 6.61 Å². The Hall–Kier alpha value is -4.83. The SMILES string of the molecule is Cc1cc(NCC(O)(CN2CCCc3ccccc32)C(F)(F)F)c2cnn(-c3cccc(C(=O)OCc4ccccc4)c3)c2c1. The Morgan fingerprint density at radius 3 is 2.58 bits per heavy atom. The van der Waals surface area contributed by atoms with Crippen LogP contribution in [0.2, 0.25) is 0 Å². The highest BCUT2D eigenvalue weighted by Gasteiger charge is 2.54. The molecule has 1 aliphatic heterocycles. The summed E-state index contributed by atoms with van der Waals surface area (Å²) < 4.78 is 50.4. The molecule has 6 rings (SSSR count). The summed E-state index contributed by atoms with van der Waals surface area (Å²) in [5.41, 5.74) is 2.31. The van der Waals surface area contributed by atoms with Gasteiger partial charge in [0.05, 0.1) is 36.1 Å². The summed E-state index contributed by atoms with van der Waals surface area (Å²) in [5, 5.41) is 19.1. The predicted molar refractivity (Wildman–Crippen MR) is 168 cm³/mol. The summed E-state index contributed by atoms with van der Waals surface area (Å²) in [6, 6.07) is 27.2. The number of rotatable bonds is 9. The molecular weight excluding hydrogens is 581 g/mol. The standard InChI is InChI=1S/C35H33F3N4O3/c1-24-17-30(39-22-34(44,35(36,37)38)23-41-16-8-13-26-11-5-6-15-31(26)41)29-20-40-42(32(29)18-24)28-14-7-12-27(19-28)33(43)45-21-25-9-3-2-4-10-25/h2-7,9-12,14-15,17-20,39,44H,8,13,16,21-23H2,1H3. The first kappa shape index (κ1) is 30.2. The topological polar surface area (TPSA) is 79.6 Å². The smallest absolute Gasteiger partial charge is 0.420 e. The van der Waals surface area contributed by atoms with Gasteiger partial charge in [-0.15, -0.1) is 0 Å². The van der Waals surface area contributed by atoms with Crippen LogP contribution in [0.25, 0.3) is 16.6 Å². The van der Waals surface area contributed by atoms with Gasteiger partial charge in [-0.2, -0.15) is 18.3 Å². The number of anilines is 2. The van der Waals surface area contributed by atoms with E-state index in [0.717, 1.165) is 28.8 Å². The number of nitrogens with zero attached hydrogens (tertiary/aromatic N) is 3. The van der Waals surface area contributed by atoms with E-state index in [1.165, 1.54) is 0 Å². The Morgan fingerprint density at radius 1 is 1.00 bits per heavy atom. The number of aliphatic hydroxyl groups is 1. The molecule has 0 saturated carbocycles. The number of fused-ring (bicyclic) bond motifs is 2. The monoisotopic (exact) mass is 614 g/mol. The van der Waals surface area contributed by atoms with Crippen LogP contribution in [-0.4, -0.2) is 52.3 Å². The van der Waals surface area contributed by atoms with E-state index in [9.17, 15) is 23.1 Å². The van der Waals surface area contributed by atoms with Crippen molar-refractivity contribution in [2.45, 2.75) is 38.1 Å². The first-order chi connectivity index (χ1) is 21.6. The molecule has 0 amide bonds. The van der Waals surface area contributed by atoms with Crippen LogP contribution < -0.4 is 10.2 Å². The zero-order chi connectivity index (χ0) is 31.6. The normalized spacial score (nSPS) is 14.6. The maximum Gasteiger partial charge on any atom is 0.420 e. The zero-order valence-electron chi connectivity index (χ0n) is 24.7. The number of esters is 1. The number of ether oxygens (including phenoxy) is 1. The molecule has 0 saturated heterocycles. The van der Waals surface area contributed by atoms with Crippen LogP contribution in [0.1, 0.15) is 33.5 Å². The van der Waals surface area contributed by atoms with Crippen molar-refractivity contribution in [3.8, 4) is 5.69 Å². The number of halogens is 3. The Kier molecular flexibility index (Phi) is 8.24. The van der Waals surface area contributed by atoms with E-state index in [1.807, 2.05) is 55.5 Å². The van der Waals surface area contributed by atoms with Crippen LogP contribution in [0.4, 0.5) is 24.5 Å². The van der Waals surface area contributed by atoms with Crippen molar-refractivity contribution in [2.75, 3.05) is 29.9 Å². The van der Waals surface area contributed by atoms with E-state index in [-0.39, 0.29) is 6.61 Å². The van der Waals surface area contributed by atoms with Gasteiger partial charge in [-0.3, -0.25) is 0 Å². The van der Waals surface area contributed by atoms with E-state index >= 15 is 0 Å². The lowest BCUT2D eigenvalue weighted by molar-refractivity contribution is -0.250. The Bertz CT molecular complexity index is 1820. The van der Waals surface area contributed by atoms with Gasteiger partial charge in [-0.1, -0.05) is 54.6 Å². The van der Waals surface area contributed by atoms with Crippen LogP contribution in [0.3, 0.4) is 0 Å². The highest BCUT2D eigenvalue weighted by molar-refractivity contribution is 5.94. The number of nitrogens with one attached hydrogen (secondary N) is 1. The van der Waals surface area contributed by atoms with Crippen molar-refractivity contribution in [3.05, 3.63) is 119 Å². The Balaban J connectivity index is 1.24. The van der Waals surface area contributed by atoms with E-state index in [2.05, 4.69) is 10.4 Å². The predicted octanol–water partition coefficient (Wildman–Crippen LogP) is 6.85. The summed E-state index contributed by atoms with van der Waals surface area (Å²) >= 11 is 0. The molecule has 2 heterocycles. The third-order valence-electron chi connectivity index (χ3n) is 8.13. The number of carbonyl (C=O) groups is 1. The summed E-state index contributed by atoms with van der Waals surface area (Å²) in [6.45, 7) is 1.05. The van der Waals surface area contributed by atoms with Crippen LogP contribution in [0.5, 0.6) is 0 Å². The van der Waals surface area contributed by atoms with Crippen molar-refractivity contribution < 1.29 is 27.8 Å². The number of benzene rings is 4. The molecule has 0 aliphatic carbocycles. The number of para-hydroxylation sites is 1. The number of hydrogen-bond acceptors (Lipinski definition) is 6. The maximum absolute atomic E-state index is 14.4. The van der Waals surface area contributed by atoms with Crippen molar-refractivity contribution in [2.24, 2.45) is 0 Å². The maximum atomic E-state index is 14.4. The number of hydrogen-bond donors (Lipinski definition) is 2. The number of aryl methyl sites for hydroxylation is 2. The molecule has 4 aromatic carbocycles. The Labute approximate surface area is 258 Å². The van der Waals surface area contributed by atoms with Gasteiger partial charge in [-0.25, -0.2) is 9.48 Å². The molecule has 10 heteroatoms. The fourth-order valence-corrected chi connectivity index (χ4v) is 5.77. The van der Waals surface area contributed by atoms with E-state index in [0.29, 0.717) is 40.8 Å². The largest absolute Gasteiger partial charge is 0.457 e. The van der Waals surface area contributed by atoms with Gasteiger partial charge in [-0.05, 0) is 72.9 Å². The third kappa shape index (κ3) is 6.37. The second-order valence-corrected chi connectivity index (χ2v) is 11.5. The minimum absolute atomic E-state index is 0.136. The van der Waals surface area contributed by atoms with Gasteiger partial charge in [0, 0.05) is 23.3 Å². The average molecular weight is 615 g/mol. The molecule has 2 N–H and O–H groups in total. The molecule has 0 fully saturated rings. The first-order valence-electron chi connectivity index (χ1n) is 14.8. The molecular formula is C35H33F3N4O3. The molecule has 1 unspecified atom stereocenters. The van der Waals surface area contributed by atoms with Gasteiger partial charge < -0.3 is 20.1 Å². The third-order valence-corrected chi connectivity index (χ3v) is 8.13. The fourth-order valence-electron chi connectivity index (χ4n) is 5.77. The lowest BCUT2D eigenvalue weighted by Crippen LogP contribution is -2.58. The molecule has 0 bridgehead atoms. The summed E-state index contributed by atoms with van der Waals surface area (Å²) in [6.07, 6.45) is -1.82. The molecule has 1 atom stereocenters. The number of alkyl halides is 3. The van der Waals surface area contributed by atoms with Crippen LogP contribution in [-0.2, 0) is 17.8 Å². The highest BCUT2D eigenvalue weighted by atomic mass is 19.4. The minimum atomic E-state index is -4.88. The molecule has 45 heavy (non-hydrogen) atoms. The average Bonchev–Trinajstić information content (AvgIpc) is 3.46. The molecule has 1 aromatic heterocycles. The van der Waals surface area contributed by atoms with Gasteiger partial charge in [0.15, 0.2) is 5.60 Å². The first-order valence-corrected chi connectivity index (χ1v) is 14.8. The number of aromatic nitrogens is 2. The molecule has 5 aromatic rings.